The molecule has 70 heavy (non-hydrogen) atoms. The number of carboxylic acids is 2. The van der Waals surface area contributed by atoms with Gasteiger partial charge in [0.2, 0.25) is 0 Å². The van der Waals surface area contributed by atoms with E-state index in [9.17, 15) is 125 Å². The molecule has 0 aliphatic rings. The van der Waals surface area contributed by atoms with Gasteiger partial charge in [-0.25, -0.2) is 17.6 Å². The molecule has 0 saturated carbocycles. The van der Waals surface area contributed by atoms with E-state index in [-0.39, 0.29) is 72.3 Å². The summed E-state index contributed by atoms with van der Waals surface area (Å²) in [6, 6.07) is 0. The minimum Gasteiger partial charge on any atom is -0.481 e. The Morgan fingerprint density at radius 3 is 0.757 bits per heavy atom. The lowest BCUT2D eigenvalue weighted by Crippen LogP contribution is -2.69. The second-order valence-corrected chi connectivity index (χ2v) is 13.1. The first-order valence-corrected chi connectivity index (χ1v) is 16.4. The van der Waals surface area contributed by atoms with Crippen LogP contribution in [0.25, 0.3) is 0 Å². The summed E-state index contributed by atoms with van der Waals surface area (Å²) >= 11 is 0. The van der Waals surface area contributed by atoms with Crippen molar-refractivity contribution in [2.45, 2.75) is 185 Å². The van der Waals surface area contributed by atoms with Crippen molar-refractivity contribution >= 4 is 23.9 Å². The van der Waals surface area contributed by atoms with Gasteiger partial charge in [0, 0.05) is 0 Å². The number of carbonyl (C=O) groups excluding carboxylic acids is 2. The van der Waals surface area contributed by atoms with Crippen LogP contribution in [0.1, 0.15) is 113 Å². The standard InChI is InChI=1S/2C15H16F12O4.8CH4/c2*1-3-7(8(28)29)4-6(2)9(30)31-5-11(18,19)13(22,23)15(26,27)14(24,25)12(20,21)10(16)17;;;;;;;;/h2*6-7,10H,3-5H2,1-2H3,(H,28,29);8*1H4. The van der Waals surface area contributed by atoms with E-state index in [2.05, 4.69) is 9.47 Å². The first kappa shape index (κ1) is 89.1. The molecule has 32 heteroatoms. The summed E-state index contributed by atoms with van der Waals surface area (Å²) in [4.78, 5) is 44.7. The third kappa shape index (κ3) is 17.7. The Kier molecular flexibility index (Phi) is 38.5. The molecule has 0 bridgehead atoms. The van der Waals surface area contributed by atoms with E-state index in [1.165, 1.54) is 13.8 Å². The number of aliphatic carboxylic acids is 2. The SMILES string of the molecule is C.C.C.C.C.C.C.C.CCC(CC(C)C(=O)OCC(F)(F)C(F)(F)C(F)(F)C(F)(F)C(F)(F)C(F)F)C(=O)O.CCC(CC(C)C(=O)OCC(F)(F)C(F)(F)C(F)(F)C(F)(F)C(F)(F)C(F)F)C(=O)O. The normalized spacial score (nSPS) is 14.4. The minimum absolute atomic E-state index is 0. The van der Waals surface area contributed by atoms with Crippen molar-refractivity contribution in [2.75, 3.05) is 13.2 Å². The van der Waals surface area contributed by atoms with Crippen LogP contribution >= 0.6 is 0 Å². The number of hydrogen-bond donors (Lipinski definition) is 2. The maximum absolute atomic E-state index is 13.5. The number of carbonyl (C=O) groups is 4. The summed E-state index contributed by atoms with van der Waals surface area (Å²) in [5.74, 6) is -84.5. The zero-order valence-electron chi connectivity index (χ0n) is 31.1. The van der Waals surface area contributed by atoms with Crippen LogP contribution in [0.15, 0.2) is 0 Å². The average Bonchev–Trinajstić information content (AvgIpc) is 3.12. The Balaban J connectivity index is -0.000000115. The Bertz CT molecular complexity index is 1420. The second kappa shape index (κ2) is 30.3. The van der Waals surface area contributed by atoms with Crippen LogP contribution in [0.4, 0.5) is 105 Å². The van der Waals surface area contributed by atoms with Gasteiger partial charge in [0.15, 0.2) is 13.2 Å². The molecule has 0 aromatic heterocycles. The van der Waals surface area contributed by atoms with Gasteiger partial charge in [0.1, 0.15) is 0 Å². The zero-order chi connectivity index (χ0) is 50.4. The smallest absolute Gasteiger partial charge is 0.384 e. The minimum atomic E-state index is -7.71. The molecule has 0 saturated heterocycles. The fraction of sp³-hybridized carbons (Fsp3) is 0.895. The maximum atomic E-state index is 13.5. The van der Waals surface area contributed by atoms with Gasteiger partial charge in [-0.2, -0.15) is 87.8 Å². The van der Waals surface area contributed by atoms with E-state index >= 15 is 0 Å². The van der Waals surface area contributed by atoms with Crippen molar-refractivity contribution in [1.82, 2.24) is 0 Å². The van der Waals surface area contributed by atoms with Gasteiger partial charge in [-0.05, 0) is 25.7 Å². The van der Waals surface area contributed by atoms with Crippen molar-refractivity contribution in [3.8, 4) is 0 Å². The molecule has 0 aliphatic carbocycles. The van der Waals surface area contributed by atoms with E-state index in [1.54, 1.807) is 0 Å². The topological polar surface area (TPSA) is 127 Å². The lowest BCUT2D eigenvalue weighted by Gasteiger charge is -2.38. The van der Waals surface area contributed by atoms with Gasteiger partial charge in [-0.15, -0.1) is 0 Å². The highest BCUT2D eigenvalue weighted by Gasteiger charge is 2.89. The number of rotatable bonds is 24. The molecule has 0 heterocycles. The average molecular weight is 1100 g/mol. The van der Waals surface area contributed by atoms with E-state index in [4.69, 9.17) is 10.2 Å². The molecule has 432 valence electrons. The molecule has 0 fully saturated rings. The van der Waals surface area contributed by atoms with Gasteiger partial charge < -0.3 is 19.7 Å². The lowest BCUT2D eigenvalue weighted by atomic mass is 9.93. The van der Waals surface area contributed by atoms with Crippen LogP contribution in [0.2, 0.25) is 0 Å². The predicted molar refractivity (Wildman–Crippen MR) is 208 cm³/mol. The van der Waals surface area contributed by atoms with Crippen LogP contribution in [0.5, 0.6) is 0 Å². The molecule has 4 atom stereocenters. The van der Waals surface area contributed by atoms with E-state index in [1.807, 2.05) is 0 Å². The van der Waals surface area contributed by atoms with Gasteiger partial charge in [-0.3, -0.25) is 19.2 Å². The van der Waals surface area contributed by atoms with Crippen LogP contribution < -0.4 is 0 Å². The second-order valence-electron chi connectivity index (χ2n) is 13.1. The fourth-order valence-electron chi connectivity index (χ4n) is 4.27. The van der Waals surface area contributed by atoms with Crippen molar-refractivity contribution < 1.29 is 144 Å². The molecule has 0 rings (SSSR count). The maximum Gasteiger partial charge on any atom is 0.384 e. The summed E-state index contributed by atoms with van der Waals surface area (Å²) in [6.45, 7) is -1.56. The number of esters is 2. The molecule has 8 nitrogen and oxygen atoms in total. The lowest BCUT2D eigenvalue weighted by molar-refractivity contribution is -0.414. The van der Waals surface area contributed by atoms with Crippen molar-refractivity contribution in [3.63, 3.8) is 0 Å². The van der Waals surface area contributed by atoms with E-state index in [0.29, 0.717) is 0 Å². The van der Waals surface area contributed by atoms with Gasteiger partial charge in [0.25, 0.3) is 0 Å². The molecule has 0 amide bonds. The summed E-state index contributed by atoms with van der Waals surface area (Å²) < 4.78 is 319. The third-order valence-corrected chi connectivity index (χ3v) is 8.44. The summed E-state index contributed by atoms with van der Waals surface area (Å²) in [5, 5.41) is 17.6. The molecular weight excluding hydrogens is 1040 g/mol. The number of ether oxygens (including phenoxy) is 2. The van der Waals surface area contributed by atoms with Crippen LogP contribution in [-0.4, -0.2) is 119 Å². The monoisotopic (exact) mass is 1100 g/mol. The quantitative estimate of drug-likeness (QED) is 0.0723. The van der Waals surface area contributed by atoms with Crippen LogP contribution in [-0.2, 0) is 28.7 Å². The Labute approximate surface area is 390 Å². The molecule has 0 aromatic rings. The van der Waals surface area contributed by atoms with E-state index in [0.717, 1.165) is 13.8 Å². The molecule has 0 radical (unpaired) electrons. The summed E-state index contributed by atoms with van der Waals surface area (Å²) in [7, 11) is 0. The highest BCUT2D eigenvalue weighted by molar-refractivity contribution is 5.75. The highest BCUT2D eigenvalue weighted by atomic mass is 19.4. The number of carboxylic acid groups (broad SMARTS) is 2. The number of alkyl halides is 24. The molecule has 0 spiro atoms. The largest absolute Gasteiger partial charge is 0.481 e. The third-order valence-electron chi connectivity index (χ3n) is 8.44. The first-order chi connectivity index (χ1) is 27.2. The van der Waals surface area contributed by atoms with Crippen molar-refractivity contribution in [3.05, 3.63) is 0 Å². The van der Waals surface area contributed by atoms with Gasteiger partial charge in [0.05, 0.1) is 23.7 Å². The number of halogens is 24. The zero-order valence-corrected chi connectivity index (χ0v) is 31.1. The predicted octanol–water partition coefficient (Wildman–Crippen LogP) is 15.3. The van der Waals surface area contributed by atoms with Crippen LogP contribution in [0.3, 0.4) is 0 Å². The highest BCUT2D eigenvalue weighted by Crippen LogP contribution is 2.59. The van der Waals surface area contributed by atoms with Gasteiger partial charge in [-0.1, -0.05) is 87.1 Å². The Morgan fingerprint density at radius 2 is 0.600 bits per heavy atom. The Hall–Kier alpha value is -3.80. The molecule has 4 unspecified atom stereocenters. The summed E-state index contributed by atoms with van der Waals surface area (Å²) in [6.07, 6.45) is -12.5. The molecular formula is C38H64F24O8. The van der Waals surface area contributed by atoms with Crippen molar-refractivity contribution in [2.24, 2.45) is 23.7 Å². The summed E-state index contributed by atoms with van der Waals surface area (Å²) in [5.41, 5.74) is 0. The number of hydrogen-bond acceptors (Lipinski definition) is 6. The van der Waals surface area contributed by atoms with Crippen molar-refractivity contribution in [1.29, 1.82) is 0 Å². The molecule has 0 aliphatic heterocycles. The van der Waals surface area contributed by atoms with Gasteiger partial charge >= 0.3 is 96.0 Å². The Morgan fingerprint density at radius 1 is 0.400 bits per heavy atom. The molecule has 0 aromatic carbocycles. The van der Waals surface area contributed by atoms with Crippen LogP contribution in [0, 0.1) is 23.7 Å². The fourth-order valence-corrected chi connectivity index (χ4v) is 4.27. The first-order valence-electron chi connectivity index (χ1n) is 16.4. The molecule has 2 N–H and O–H groups in total. The van der Waals surface area contributed by atoms with E-state index < -0.39 is 146 Å².